The van der Waals surface area contributed by atoms with Crippen molar-refractivity contribution < 1.29 is 9.53 Å². The van der Waals surface area contributed by atoms with Gasteiger partial charge in [0.15, 0.2) is 6.10 Å². The first-order valence-corrected chi connectivity index (χ1v) is 7.01. The summed E-state index contributed by atoms with van der Waals surface area (Å²) in [6.45, 7) is 3.80. The maximum absolute atomic E-state index is 12.1. The summed E-state index contributed by atoms with van der Waals surface area (Å²) >= 11 is 0. The van der Waals surface area contributed by atoms with E-state index in [1.807, 2.05) is 36.4 Å². The van der Waals surface area contributed by atoms with E-state index in [0.29, 0.717) is 17.1 Å². The molecule has 0 aliphatic heterocycles. The van der Waals surface area contributed by atoms with Crippen LogP contribution in [0.15, 0.2) is 48.5 Å². The number of aryl methyl sites for hydroxylation is 1. The topological polar surface area (TPSA) is 64.3 Å². The highest BCUT2D eigenvalue weighted by Crippen LogP contribution is 2.18. The standard InChI is InChI=1S/C17H20N2O2/c1-3-13-8-10-14(11-9-13)21-12(2)17(20)19-16-7-5-4-6-15(16)18/h4-12H,3,18H2,1-2H3,(H,19,20). The van der Waals surface area contributed by atoms with Gasteiger partial charge in [-0.2, -0.15) is 0 Å². The number of nitrogens with two attached hydrogens (primary N) is 1. The van der Waals surface area contributed by atoms with Crippen molar-refractivity contribution >= 4 is 17.3 Å². The molecule has 3 N–H and O–H groups in total. The minimum absolute atomic E-state index is 0.229. The van der Waals surface area contributed by atoms with E-state index in [4.69, 9.17) is 10.5 Å². The van der Waals surface area contributed by atoms with E-state index in [-0.39, 0.29) is 5.91 Å². The van der Waals surface area contributed by atoms with Gasteiger partial charge in [-0.3, -0.25) is 4.79 Å². The average Bonchev–Trinajstić information content (AvgIpc) is 2.50. The molecule has 2 aromatic rings. The largest absolute Gasteiger partial charge is 0.481 e. The fourth-order valence-electron chi connectivity index (χ4n) is 1.91. The van der Waals surface area contributed by atoms with Crippen molar-refractivity contribution in [3.8, 4) is 5.75 Å². The van der Waals surface area contributed by atoms with Crippen LogP contribution in [0.2, 0.25) is 0 Å². The molecule has 4 nitrogen and oxygen atoms in total. The molecule has 0 fully saturated rings. The molecule has 1 atom stereocenters. The lowest BCUT2D eigenvalue weighted by atomic mass is 10.2. The lowest BCUT2D eigenvalue weighted by Crippen LogP contribution is -2.30. The molecule has 0 aliphatic carbocycles. The minimum atomic E-state index is -0.600. The van der Waals surface area contributed by atoms with Crippen molar-refractivity contribution in [2.24, 2.45) is 0 Å². The smallest absolute Gasteiger partial charge is 0.265 e. The molecule has 0 saturated heterocycles. The second kappa shape index (κ2) is 6.79. The molecular formula is C17H20N2O2. The van der Waals surface area contributed by atoms with Gasteiger partial charge in [0, 0.05) is 0 Å². The molecule has 2 aromatic carbocycles. The van der Waals surface area contributed by atoms with E-state index in [1.54, 1.807) is 19.1 Å². The molecule has 110 valence electrons. The van der Waals surface area contributed by atoms with Gasteiger partial charge < -0.3 is 15.8 Å². The van der Waals surface area contributed by atoms with Gasteiger partial charge in [-0.05, 0) is 43.2 Å². The average molecular weight is 284 g/mol. The zero-order valence-electron chi connectivity index (χ0n) is 12.3. The normalized spacial score (nSPS) is 11.7. The number of amides is 1. The van der Waals surface area contributed by atoms with Crippen LogP contribution in [-0.2, 0) is 11.2 Å². The van der Waals surface area contributed by atoms with E-state index in [9.17, 15) is 4.79 Å². The molecule has 0 heterocycles. The number of rotatable bonds is 5. The zero-order chi connectivity index (χ0) is 15.2. The number of ether oxygens (including phenoxy) is 1. The van der Waals surface area contributed by atoms with Crippen LogP contribution in [0.5, 0.6) is 5.75 Å². The summed E-state index contributed by atoms with van der Waals surface area (Å²) in [6, 6.07) is 14.9. The van der Waals surface area contributed by atoms with E-state index < -0.39 is 6.10 Å². The number of para-hydroxylation sites is 2. The van der Waals surface area contributed by atoms with Gasteiger partial charge in [0.2, 0.25) is 0 Å². The van der Waals surface area contributed by atoms with Crippen molar-refractivity contribution in [3.63, 3.8) is 0 Å². The SMILES string of the molecule is CCc1ccc(OC(C)C(=O)Nc2ccccc2N)cc1. The lowest BCUT2D eigenvalue weighted by Gasteiger charge is -2.15. The number of benzene rings is 2. The number of hydrogen-bond acceptors (Lipinski definition) is 3. The summed E-state index contributed by atoms with van der Waals surface area (Å²) in [7, 11) is 0. The van der Waals surface area contributed by atoms with Crippen molar-refractivity contribution in [1.29, 1.82) is 0 Å². The first kappa shape index (κ1) is 14.9. The van der Waals surface area contributed by atoms with Crippen LogP contribution in [0.3, 0.4) is 0 Å². The number of nitrogens with one attached hydrogen (secondary N) is 1. The Morgan fingerprint density at radius 2 is 1.86 bits per heavy atom. The van der Waals surface area contributed by atoms with E-state index in [1.165, 1.54) is 5.56 Å². The van der Waals surface area contributed by atoms with Crippen LogP contribution in [0.4, 0.5) is 11.4 Å². The molecule has 0 spiro atoms. The Labute approximate surface area is 124 Å². The number of carbonyl (C=O) groups excluding carboxylic acids is 1. The van der Waals surface area contributed by atoms with Gasteiger partial charge in [0.25, 0.3) is 5.91 Å². The summed E-state index contributed by atoms with van der Waals surface area (Å²) in [5.41, 5.74) is 8.16. The van der Waals surface area contributed by atoms with Crippen molar-refractivity contribution in [1.82, 2.24) is 0 Å². The van der Waals surface area contributed by atoms with Crippen LogP contribution in [-0.4, -0.2) is 12.0 Å². The Hall–Kier alpha value is -2.49. The molecule has 0 radical (unpaired) electrons. The van der Waals surface area contributed by atoms with Gasteiger partial charge in [-0.15, -0.1) is 0 Å². The van der Waals surface area contributed by atoms with Gasteiger partial charge in [-0.1, -0.05) is 31.2 Å². The second-order valence-electron chi connectivity index (χ2n) is 4.83. The number of carbonyl (C=O) groups is 1. The summed E-state index contributed by atoms with van der Waals surface area (Å²) in [6.07, 6.45) is 0.376. The van der Waals surface area contributed by atoms with Crippen LogP contribution in [0, 0.1) is 0 Å². The minimum Gasteiger partial charge on any atom is -0.481 e. The Kier molecular flexibility index (Phi) is 4.82. The van der Waals surface area contributed by atoms with Gasteiger partial charge in [-0.25, -0.2) is 0 Å². The van der Waals surface area contributed by atoms with E-state index in [0.717, 1.165) is 6.42 Å². The molecule has 2 rings (SSSR count). The maximum Gasteiger partial charge on any atom is 0.265 e. The molecule has 1 unspecified atom stereocenters. The lowest BCUT2D eigenvalue weighted by molar-refractivity contribution is -0.122. The number of nitrogen functional groups attached to an aromatic ring is 1. The summed E-state index contributed by atoms with van der Waals surface area (Å²) in [4.78, 5) is 12.1. The zero-order valence-corrected chi connectivity index (χ0v) is 12.3. The Morgan fingerprint density at radius 3 is 2.48 bits per heavy atom. The quantitative estimate of drug-likeness (QED) is 0.828. The second-order valence-corrected chi connectivity index (χ2v) is 4.83. The van der Waals surface area contributed by atoms with Gasteiger partial charge in [0.05, 0.1) is 11.4 Å². The van der Waals surface area contributed by atoms with Gasteiger partial charge in [0.1, 0.15) is 5.75 Å². The highest BCUT2D eigenvalue weighted by Gasteiger charge is 2.15. The van der Waals surface area contributed by atoms with Crippen molar-refractivity contribution in [3.05, 3.63) is 54.1 Å². The van der Waals surface area contributed by atoms with Crippen LogP contribution in [0.25, 0.3) is 0 Å². The molecule has 21 heavy (non-hydrogen) atoms. The van der Waals surface area contributed by atoms with Crippen LogP contribution in [0.1, 0.15) is 19.4 Å². The van der Waals surface area contributed by atoms with E-state index >= 15 is 0 Å². The summed E-state index contributed by atoms with van der Waals surface area (Å²) in [5, 5.41) is 2.76. The van der Waals surface area contributed by atoms with Crippen LogP contribution >= 0.6 is 0 Å². The third-order valence-corrected chi connectivity index (χ3v) is 3.23. The number of hydrogen-bond donors (Lipinski definition) is 2. The maximum atomic E-state index is 12.1. The first-order valence-electron chi connectivity index (χ1n) is 7.01. The highest BCUT2D eigenvalue weighted by atomic mass is 16.5. The molecule has 0 aliphatic rings. The predicted molar refractivity (Wildman–Crippen MR) is 85.4 cm³/mol. The highest BCUT2D eigenvalue weighted by molar-refractivity contribution is 5.96. The summed E-state index contributed by atoms with van der Waals surface area (Å²) in [5.74, 6) is 0.448. The Balaban J connectivity index is 1.97. The molecule has 1 amide bonds. The third-order valence-electron chi connectivity index (χ3n) is 3.23. The molecular weight excluding hydrogens is 264 g/mol. The van der Waals surface area contributed by atoms with Crippen molar-refractivity contribution in [2.75, 3.05) is 11.1 Å². The van der Waals surface area contributed by atoms with E-state index in [2.05, 4.69) is 12.2 Å². The van der Waals surface area contributed by atoms with Crippen LogP contribution < -0.4 is 15.8 Å². The predicted octanol–water partition coefficient (Wildman–Crippen LogP) is 3.24. The van der Waals surface area contributed by atoms with Gasteiger partial charge >= 0.3 is 0 Å². The fourth-order valence-corrected chi connectivity index (χ4v) is 1.91. The molecule has 0 bridgehead atoms. The number of anilines is 2. The fraction of sp³-hybridized carbons (Fsp3) is 0.235. The first-order chi connectivity index (χ1) is 10.1. The molecule has 0 aromatic heterocycles. The molecule has 4 heteroatoms. The van der Waals surface area contributed by atoms with Crippen molar-refractivity contribution in [2.45, 2.75) is 26.4 Å². The third kappa shape index (κ3) is 3.99. The monoisotopic (exact) mass is 284 g/mol. The summed E-state index contributed by atoms with van der Waals surface area (Å²) < 4.78 is 5.63. The molecule has 0 saturated carbocycles. The Morgan fingerprint density at radius 1 is 1.19 bits per heavy atom. The Bertz CT molecular complexity index is 608.